The molecule has 0 spiro atoms. The SMILES string of the molecule is O=c1c2cc3c(cc2c2ccc4c(c5cnccc5n4-c4ccccc4)c2c(=O)n1-c1ccccc1)sc1ccncc13. The van der Waals surface area contributed by atoms with Crippen molar-refractivity contribution in [2.24, 2.45) is 0 Å². The van der Waals surface area contributed by atoms with E-state index in [4.69, 9.17) is 0 Å². The lowest BCUT2D eigenvalue weighted by Crippen LogP contribution is -2.28. The zero-order valence-corrected chi connectivity index (χ0v) is 23.4. The van der Waals surface area contributed by atoms with E-state index in [2.05, 4.69) is 38.8 Å². The first-order valence-corrected chi connectivity index (χ1v) is 14.7. The highest BCUT2D eigenvalue weighted by Gasteiger charge is 2.21. The topological polar surface area (TPSA) is 69.8 Å². The van der Waals surface area contributed by atoms with Gasteiger partial charge in [0.15, 0.2) is 0 Å². The van der Waals surface area contributed by atoms with Crippen LogP contribution in [0.3, 0.4) is 0 Å². The standard InChI is InChI=1S/C36H20N4O2S/c41-35-26-17-25-27-19-38-16-14-31(27)43-32(25)18-24(26)23-11-12-30-33(34(23)36(42)40(35)22-9-5-2-6-10-22)28-20-37-15-13-29(28)39(30)21-7-3-1-4-8-21/h1-20H. The molecular formula is C36H20N4O2S. The predicted molar refractivity (Wildman–Crippen MR) is 176 cm³/mol. The van der Waals surface area contributed by atoms with Crippen LogP contribution in [0, 0.1) is 0 Å². The van der Waals surface area contributed by atoms with Crippen molar-refractivity contribution in [1.82, 2.24) is 19.1 Å². The maximum Gasteiger partial charge on any atom is 0.266 e. The molecule has 0 N–H and O–H groups in total. The van der Waals surface area contributed by atoms with Gasteiger partial charge in [-0.25, -0.2) is 4.57 Å². The average Bonchev–Trinajstić information content (AvgIpc) is 3.57. The number of benzene rings is 4. The summed E-state index contributed by atoms with van der Waals surface area (Å²) in [6, 6.07) is 31.3. The van der Waals surface area contributed by atoms with Gasteiger partial charge in [0, 0.05) is 66.8 Å². The number of pyridine rings is 2. The summed E-state index contributed by atoms with van der Waals surface area (Å²) in [5, 5.41) is 6.02. The van der Waals surface area contributed by atoms with E-state index in [-0.39, 0.29) is 11.1 Å². The maximum atomic E-state index is 14.8. The van der Waals surface area contributed by atoms with Crippen molar-refractivity contribution in [1.29, 1.82) is 0 Å². The van der Waals surface area contributed by atoms with E-state index in [0.29, 0.717) is 16.5 Å². The third-order valence-electron chi connectivity index (χ3n) is 8.31. The Morgan fingerprint density at radius 2 is 1.19 bits per heavy atom. The van der Waals surface area contributed by atoms with Gasteiger partial charge in [-0.2, -0.15) is 0 Å². The molecule has 0 radical (unpaired) electrons. The molecule has 0 atom stereocenters. The van der Waals surface area contributed by atoms with Gasteiger partial charge in [-0.15, -0.1) is 11.3 Å². The molecule has 7 heteroatoms. The van der Waals surface area contributed by atoms with Crippen molar-refractivity contribution in [3.05, 3.63) is 143 Å². The second-order valence-corrected chi connectivity index (χ2v) is 11.7. The molecule has 0 bridgehead atoms. The lowest BCUT2D eigenvalue weighted by Gasteiger charge is -2.07. The monoisotopic (exact) mass is 572 g/mol. The third kappa shape index (κ3) is 3.34. The second-order valence-electron chi connectivity index (χ2n) is 10.6. The van der Waals surface area contributed by atoms with E-state index in [1.807, 2.05) is 73.1 Å². The van der Waals surface area contributed by atoms with Crippen LogP contribution in [0.25, 0.3) is 74.9 Å². The Morgan fingerprint density at radius 3 is 1.95 bits per heavy atom. The number of hydrogen-bond acceptors (Lipinski definition) is 5. The lowest BCUT2D eigenvalue weighted by molar-refractivity contribution is 0.977. The molecule has 0 saturated carbocycles. The highest BCUT2D eigenvalue weighted by molar-refractivity contribution is 7.25. The van der Waals surface area contributed by atoms with Crippen LogP contribution in [0.4, 0.5) is 0 Å². The molecule has 0 aliphatic heterocycles. The Balaban J connectivity index is 1.59. The summed E-state index contributed by atoms with van der Waals surface area (Å²) in [5.74, 6) is 0. The molecule has 4 aromatic carbocycles. The molecular weight excluding hydrogens is 552 g/mol. The van der Waals surface area contributed by atoms with Crippen molar-refractivity contribution in [2.75, 3.05) is 0 Å². The van der Waals surface area contributed by atoms with Crippen molar-refractivity contribution in [3.8, 4) is 11.4 Å². The Bertz CT molecular complexity index is 2710. The Morgan fingerprint density at radius 1 is 0.488 bits per heavy atom. The van der Waals surface area contributed by atoms with Gasteiger partial charge in [0.25, 0.3) is 11.1 Å². The lowest BCUT2D eigenvalue weighted by atomic mass is 10.0. The van der Waals surface area contributed by atoms with Crippen LogP contribution in [-0.2, 0) is 0 Å². The van der Waals surface area contributed by atoms with E-state index < -0.39 is 0 Å². The fraction of sp³-hybridized carbons (Fsp3) is 0. The molecule has 43 heavy (non-hydrogen) atoms. The first-order chi connectivity index (χ1) is 21.2. The summed E-state index contributed by atoms with van der Waals surface area (Å²) in [4.78, 5) is 38.1. The minimum Gasteiger partial charge on any atom is -0.309 e. The third-order valence-corrected chi connectivity index (χ3v) is 9.45. The average molecular weight is 573 g/mol. The highest BCUT2D eigenvalue weighted by atomic mass is 32.1. The molecule has 0 aliphatic carbocycles. The zero-order chi connectivity index (χ0) is 28.7. The van der Waals surface area contributed by atoms with Crippen LogP contribution >= 0.6 is 11.3 Å². The predicted octanol–water partition coefficient (Wildman–Crippen LogP) is 7.76. The van der Waals surface area contributed by atoms with Crippen LogP contribution in [0.2, 0.25) is 0 Å². The maximum absolute atomic E-state index is 14.8. The molecule has 0 amide bonds. The quantitative estimate of drug-likeness (QED) is 0.212. The summed E-state index contributed by atoms with van der Waals surface area (Å²) >= 11 is 1.66. The van der Waals surface area contributed by atoms with Crippen LogP contribution in [0.15, 0.2) is 131 Å². The van der Waals surface area contributed by atoms with Crippen LogP contribution in [0.1, 0.15) is 0 Å². The molecule has 0 saturated heterocycles. The first kappa shape index (κ1) is 24.0. The largest absolute Gasteiger partial charge is 0.309 e. The summed E-state index contributed by atoms with van der Waals surface area (Å²) < 4.78 is 5.61. The number of aromatic nitrogens is 4. The van der Waals surface area contributed by atoms with Crippen LogP contribution in [0.5, 0.6) is 0 Å². The highest BCUT2D eigenvalue weighted by Crippen LogP contribution is 2.39. The number of fused-ring (bicyclic) bond motifs is 10. The molecule has 5 heterocycles. The van der Waals surface area contributed by atoms with Gasteiger partial charge in [0.05, 0.1) is 22.1 Å². The van der Waals surface area contributed by atoms with Crippen molar-refractivity contribution in [3.63, 3.8) is 0 Å². The fourth-order valence-electron chi connectivity index (χ4n) is 6.46. The Hall–Kier alpha value is -5.66. The number of hydrogen-bond donors (Lipinski definition) is 0. The van der Waals surface area contributed by atoms with Gasteiger partial charge in [0.2, 0.25) is 0 Å². The molecule has 202 valence electrons. The van der Waals surface area contributed by atoms with E-state index in [9.17, 15) is 9.59 Å². The molecule has 9 aromatic rings. The van der Waals surface area contributed by atoms with Crippen LogP contribution in [-0.4, -0.2) is 19.1 Å². The van der Waals surface area contributed by atoms with Crippen molar-refractivity contribution >= 4 is 74.9 Å². The van der Waals surface area contributed by atoms with Gasteiger partial charge in [-0.1, -0.05) is 42.5 Å². The molecule has 0 aliphatic rings. The number of rotatable bonds is 2. The normalized spacial score (nSPS) is 11.9. The van der Waals surface area contributed by atoms with Crippen molar-refractivity contribution in [2.45, 2.75) is 0 Å². The molecule has 0 unspecified atom stereocenters. The van der Waals surface area contributed by atoms with E-state index in [1.54, 1.807) is 35.9 Å². The Labute approximate surface area is 247 Å². The van der Waals surface area contributed by atoms with Gasteiger partial charge < -0.3 is 4.57 Å². The fourth-order valence-corrected chi connectivity index (χ4v) is 7.55. The molecule has 9 rings (SSSR count). The molecule has 6 nitrogen and oxygen atoms in total. The number of nitrogens with zero attached hydrogens (tertiary/aromatic N) is 4. The van der Waals surface area contributed by atoms with Gasteiger partial charge >= 0.3 is 0 Å². The van der Waals surface area contributed by atoms with Gasteiger partial charge in [-0.3, -0.25) is 19.6 Å². The van der Waals surface area contributed by atoms with E-state index in [1.165, 1.54) is 4.57 Å². The van der Waals surface area contributed by atoms with E-state index in [0.717, 1.165) is 58.4 Å². The zero-order valence-electron chi connectivity index (χ0n) is 22.6. The first-order valence-electron chi connectivity index (χ1n) is 13.9. The molecule has 0 fully saturated rings. The number of para-hydroxylation sites is 2. The Kier molecular flexibility index (Phi) is 4.97. The summed E-state index contributed by atoms with van der Waals surface area (Å²) in [6.07, 6.45) is 7.20. The summed E-state index contributed by atoms with van der Waals surface area (Å²) in [6.45, 7) is 0. The van der Waals surface area contributed by atoms with Gasteiger partial charge in [-0.05, 0) is 65.4 Å². The minimum absolute atomic E-state index is 0.356. The summed E-state index contributed by atoms with van der Waals surface area (Å²) in [5.41, 5.74) is 2.59. The minimum atomic E-state index is -0.362. The van der Waals surface area contributed by atoms with Crippen molar-refractivity contribution < 1.29 is 0 Å². The number of thiophene rings is 1. The molecule has 5 aromatic heterocycles. The van der Waals surface area contributed by atoms with Gasteiger partial charge in [0.1, 0.15) is 0 Å². The van der Waals surface area contributed by atoms with E-state index >= 15 is 0 Å². The smallest absolute Gasteiger partial charge is 0.266 e. The van der Waals surface area contributed by atoms with Crippen LogP contribution < -0.4 is 11.1 Å². The summed E-state index contributed by atoms with van der Waals surface area (Å²) in [7, 11) is 0. The second kappa shape index (κ2) is 8.92.